The third kappa shape index (κ3) is 6.47. The molecular formula is C31H37N3O6. The molecule has 0 bridgehead atoms. The third-order valence-electron chi connectivity index (χ3n) is 6.56. The van der Waals surface area contributed by atoms with E-state index in [0.29, 0.717) is 67.7 Å². The number of imidazole rings is 1. The molecule has 1 fully saturated rings. The molecule has 1 aromatic heterocycles. The number of amides is 1. The van der Waals surface area contributed by atoms with Crippen LogP contribution in [0.2, 0.25) is 0 Å². The Kier molecular flexibility index (Phi) is 9.83. The lowest BCUT2D eigenvalue weighted by Gasteiger charge is -2.26. The van der Waals surface area contributed by atoms with Gasteiger partial charge in [0.1, 0.15) is 11.5 Å². The largest absolute Gasteiger partial charge is 0.507 e. The van der Waals surface area contributed by atoms with Gasteiger partial charge < -0.3 is 28.8 Å². The number of aromatic nitrogens is 2. The van der Waals surface area contributed by atoms with Gasteiger partial charge >= 0.3 is 0 Å². The number of ether oxygens (including phenoxy) is 3. The van der Waals surface area contributed by atoms with E-state index < -0.39 is 17.7 Å². The highest BCUT2D eigenvalue weighted by Crippen LogP contribution is 2.42. The van der Waals surface area contributed by atoms with E-state index in [0.717, 1.165) is 12.8 Å². The maximum Gasteiger partial charge on any atom is 0.295 e. The van der Waals surface area contributed by atoms with Crippen molar-refractivity contribution in [2.24, 2.45) is 0 Å². The van der Waals surface area contributed by atoms with Crippen LogP contribution in [0.5, 0.6) is 17.2 Å². The second kappa shape index (κ2) is 13.7. The van der Waals surface area contributed by atoms with Gasteiger partial charge in [0.25, 0.3) is 11.7 Å². The van der Waals surface area contributed by atoms with E-state index in [2.05, 4.69) is 4.98 Å². The van der Waals surface area contributed by atoms with Crippen LogP contribution in [-0.4, -0.2) is 57.6 Å². The molecule has 9 nitrogen and oxygen atoms in total. The molecule has 1 aliphatic heterocycles. The Hall–Kier alpha value is -4.27. The molecule has 0 saturated carbocycles. The van der Waals surface area contributed by atoms with Crippen LogP contribution in [0.4, 0.5) is 0 Å². The van der Waals surface area contributed by atoms with E-state index in [1.54, 1.807) is 48.9 Å². The third-order valence-corrected chi connectivity index (χ3v) is 6.56. The lowest BCUT2D eigenvalue weighted by Crippen LogP contribution is -2.31. The number of hydrogen-bond donors (Lipinski definition) is 1. The molecule has 4 rings (SSSR count). The number of likely N-dealkylation sites (tertiary alicyclic amines) is 1. The molecule has 1 saturated heterocycles. The molecular weight excluding hydrogens is 510 g/mol. The molecule has 0 aliphatic carbocycles. The minimum Gasteiger partial charge on any atom is -0.507 e. The van der Waals surface area contributed by atoms with Crippen molar-refractivity contribution in [2.75, 3.05) is 26.4 Å². The summed E-state index contributed by atoms with van der Waals surface area (Å²) in [5, 5.41) is 11.4. The minimum atomic E-state index is -0.793. The number of Topliss-reactive ketones (excluding diaryl/α,β-unsaturated/α-hetero) is 1. The first kappa shape index (κ1) is 28.7. The molecule has 9 heteroatoms. The Morgan fingerprint density at radius 3 is 2.35 bits per heavy atom. The second-order valence-corrected chi connectivity index (χ2v) is 9.51. The highest BCUT2D eigenvalue weighted by atomic mass is 16.5. The van der Waals surface area contributed by atoms with Crippen molar-refractivity contribution in [3.63, 3.8) is 0 Å². The van der Waals surface area contributed by atoms with Crippen molar-refractivity contribution in [3.05, 3.63) is 77.9 Å². The van der Waals surface area contributed by atoms with Crippen molar-refractivity contribution in [1.29, 1.82) is 0 Å². The highest BCUT2D eigenvalue weighted by molar-refractivity contribution is 6.46. The molecule has 2 aromatic carbocycles. The number of carbonyl (C=O) groups excluding carboxylic acids is 2. The van der Waals surface area contributed by atoms with Crippen LogP contribution in [0.15, 0.2) is 66.8 Å². The van der Waals surface area contributed by atoms with E-state index in [9.17, 15) is 14.7 Å². The molecule has 1 N–H and O–H groups in total. The number of carbonyl (C=O) groups is 2. The summed E-state index contributed by atoms with van der Waals surface area (Å²) in [6, 6.07) is 11.5. The Labute approximate surface area is 235 Å². The van der Waals surface area contributed by atoms with Crippen LogP contribution in [0.1, 0.15) is 57.2 Å². The Morgan fingerprint density at radius 2 is 1.68 bits per heavy atom. The summed E-state index contributed by atoms with van der Waals surface area (Å²) in [5.41, 5.74) is 1.12. The Morgan fingerprint density at radius 1 is 0.925 bits per heavy atom. The van der Waals surface area contributed by atoms with Crippen LogP contribution < -0.4 is 14.2 Å². The lowest BCUT2D eigenvalue weighted by molar-refractivity contribution is -0.139. The average molecular weight is 548 g/mol. The van der Waals surface area contributed by atoms with Crippen molar-refractivity contribution in [1.82, 2.24) is 14.5 Å². The average Bonchev–Trinajstić information content (AvgIpc) is 3.58. The van der Waals surface area contributed by atoms with Gasteiger partial charge in [-0.05, 0) is 68.1 Å². The minimum absolute atomic E-state index is 0.0412. The Bertz CT molecular complexity index is 1320. The summed E-state index contributed by atoms with van der Waals surface area (Å²) in [7, 11) is 0. The topological polar surface area (TPSA) is 103 Å². The number of hydrogen-bond acceptors (Lipinski definition) is 7. The molecule has 1 atom stereocenters. The molecule has 2 heterocycles. The molecule has 3 aromatic rings. The van der Waals surface area contributed by atoms with Gasteiger partial charge in [-0.25, -0.2) is 4.98 Å². The molecule has 1 amide bonds. The van der Waals surface area contributed by atoms with Gasteiger partial charge in [0, 0.05) is 31.0 Å². The van der Waals surface area contributed by atoms with Crippen molar-refractivity contribution >= 4 is 17.4 Å². The molecule has 0 radical (unpaired) electrons. The first-order valence-corrected chi connectivity index (χ1v) is 13.8. The number of aliphatic hydroxyl groups excluding tert-OH is 1. The molecule has 212 valence electrons. The predicted octanol–water partition coefficient (Wildman–Crippen LogP) is 5.37. The van der Waals surface area contributed by atoms with Crippen LogP contribution in [-0.2, 0) is 16.1 Å². The summed E-state index contributed by atoms with van der Waals surface area (Å²) in [4.78, 5) is 32.4. The lowest BCUT2D eigenvalue weighted by atomic mass is 9.95. The van der Waals surface area contributed by atoms with E-state index in [1.165, 1.54) is 4.90 Å². The summed E-state index contributed by atoms with van der Waals surface area (Å²) in [5.74, 6) is 0.179. The molecule has 1 aliphatic rings. The van der Waals surface area contributed by atoms with Gasteiger partial charge in [0.05, 0.1) is 37.8 Å². The molecule has 40 heavy (non-hydrogen) atoms. The zero-order chi connectivity index (χ0) is 28.5. The first-order valence-electron chi connectivity index (χ1n) is 13.8. The van der Waals surface area contributed by atoms with Gasteiger partial charge in [-0.2, -0.15) is 0 Å². The zero-order valence-electron chi connectivity index (χ0n) is 23.3. The monoisotopic (exact) mass is 547 g/mol. The maximum atomic E-state index is 13.4. The van der Waals surface area contributed by atoms with Gasteiger partial charge in [-0.15, -0.1) is 0 Å². The predicted molar refractivity (Wildman–Crippen MR) is 151 cm³/mol. The fourth-order valence-corrected chi connectivity index (χ4v) is 4.68. The van der Waals surface area contributed by atoms with E-state index in [-0.39, 0.29) is 11.3 Å². The van der Waals surface area contributed by atoms with Crippen LogP contribution in [0.25, 0.3) is 5.76 Å². The van der Waals surface area contributed by atoms with Gasteiger partial charge in [-0.1, -0.05) is 19.9 Å². The molecule has 1 unspecified atom stereocenters. The van der Waals surface area contributed by atoms with E-state index in [1.807, 2.05) is 37.6 Å². The van der Waals surface area contributed by atoms with Crippen LogP contribution in [0.3, 0.4) is 0 Å². The van der Waals surface area contributed by atoms with Gasteiger partial charge in [0.2, 0.25) is 0 Å². The number of benzene rings is 2. The summed E-state index contributed by atoms with van der Waals surface area (Å²) in [6.07, 6.45) is 7.57. The summed E-state index contributed by atoms with van der Waals surface area (Å²) < 4.78 is 19.3. The second-order valence-electron chi connectivity index (χ2n) is 9.51. The van der Waals surface area contributed by atoms with Crippen LogP contribution in [0, 0.1) is 0 Å². The van der Waals surface area contributed by atoms with E-state index in [4.69, 9.17) is 14.2 Å². The van der Waals surface area contributed by atoms with Gasteiger partial charge in [0.15, 0.2) is 11.5 Å². The standard InChI is InChI=1S/C31H37N3O6/c1-4-18-39-24-11-8-22(9-12-24)29(35)27-28(23-10-13-25(40-19-5-2)26(20-23)38-6-3)34(31(37)30(27)36)16-7-15-33-17-14-32-21-33/h8-14,17,20-21,28,35H,4-7,15-16,18-19H2,1-3H3/b29-27+. The quantitative estimate of drug-likeness (QED) is 0.164. The SMILES string of the molecule is CCCOc1ccc(/C(O)=C2\C(=O)C(=O)N(CCCn3ccnc3)C2c2ccc(OCCC)c(OCC)c2)cc1. The number of aliphatic hydroxyl groups is 1. The maximum absolute atomic E-state index is 13.4. The zero-order valence-corrected chi connectivity index (χ0v) is 23.3. The summed E-state index contributed by atoms with van der Waals surface area (Å²) in [6.45, 7) is 8.40. The number of ketones is 1. The Balaban J connectivity index is 1.74. The van der Waals surface area contributed by atoms with Crippen LogP contribution >= 0.6 is 0 Å². The number of rotatable bonds is 14. The van der Waals surface area contributed by atoms with Crippen molar-refractivity contribution in [2.45, 2.75) is 52.6 Å². The summed E-state index contributed by atoms with van der Waals surface area (Å²) >= 11 is 0. The molecule has 0 spiro atoms. The van der Waals surface area contributed by atoms with E-state index >= 15 is 0 Å². The number of aryl methyl sites for hydroxylation is 1. The smallest absolute Gasteiger partial charge is 0.295 e. The first-order chi connectivity index (χ1) is 19.5. The van der Waals surface area contributed by atoms with Crippen molar-refractivity contribution in [3.8, 4) is 17.2 Å². The highest BCUT2D eigenvalue weighted by Gasteiger charge is 2.46. The fourth-order valence-electron chi connectivity index (χ4n) is 4.68. The number of nitrogens with zero attached hydrogens (tertiary/aromatic N) is 3. The van der Waals surface area contributed by atoms with Gasteiger partial charge in [-0.3, -0.25) is 9.59 Å². The fraction of sp³-hybridized carbons (Fsp3) is 0.387. The normalized spacial score (nSPS) is 16.4. The van der Waals surface area contributed by atoms with Crippen molar-refractivity contribution < 1.29 is 28.9 Å².